The molecule has 3 aromatic rings. The summed E-state index contributed by atoms with van der Waals surface area (Å²) >= 11 is 0. The Morgan fingerprint density at radius 1 is 1.09 bits per heavy atom. The smallest absolute Gasteiger partial charge is 0.291 e. The summed E-state index contributed by atoms with van der Waals surface area (Å²) < 4.78 is 18.5. The van der Waals surface area contributed by atoms with E-state index < -0.39 is 0 Å². The first-order chi connectivity index (χ1) is 11.0. The molecule has 1 amide bonds. The van der Waals surface area contributed by atoms with Crippen LogP contribution in [0.25, 0.3) is 11.3 Å². The second kappa shape index (κ2) is 5.96. The van der Waals surface area contributed by atoms with Crippen molar-refractivity contribution in [2.45, 2.75) is 6.92 Å². The fourth-order valence-electron chi connectivity index (χ4n) is 2.24. The molecule has 5 heteroatoms. The average molecular weight is 310 g/mol. The standard InChI is InChI=1S/C18H15FN2O2/c1-11-10-14(20)6-7-15(11)21-18(22)17-9-8-16(23-17)12-2-4-13(19)5-3-12/h2-10H,20H2,1H3,(H,21,22). The molecule has 23 heavy (non-hydrogen) atoms. The quantitative estimate of drug-likeness (QED) is 0.711. The molecule has 116 valence electrons. The molecule has 0 aliphatic carbocycles. The van der Waals surface area contributed by atoms with Gasteiger partial charge < -0.3 is 15.5 Å². The third-order valence-electron chi connectivity index (χ3n) is 3.46. The Bertz CT molecular complexity index is 854. The Morgan fingerprint density at radius 2 is 1.83 bits per heavy atom. The van der Waals surface area contributed by atoms with Crippen molar-refractivity contribution in [3.63, 3.8) is 0 Å². The topological polar surface area (TPSA) is 68.3 Å². The third-order valence-corrected chi connectivity index (χ3v) is 3.46. The van der Waals surface area contributed by atoms with Crippen LogP contribution in [0.4, 0.5) is 15.8 Å². The zero-order chi connectivity index (χ0) is 16.4. The van der Waals surface area contributed by atoms with Gasteiger partial charge in [-0.3, -0.25) is 4.79 Å². The van der Waals surface area contributed by atoms with E-state index in [0.29, 0.717) is 22.7 Å². The van der Waals surface area contributed by atoms with Gasteiger partial charge in [-0.15, -0.1) is 0 Å². The van der Waals surface area contributed by atoms with Gasteiger partial charge in [0, 0.05) is 16.9 Å². The van der Waals surface area contributed by atoms with Crippen molar-refractivity contribution >= 4 is 17.3 Å². The number of aryl methyl sites for hydroxylation is 1. The molecule has 4 nitrogen and oxygen atoms in total. The Labute approximate surface area is 132 Å². The van der Waals surface area contributed by atoms with Crippen molar-refractivity contribution < 1.29 is 13.6 Å². The van der Waals surface area contributed by atoms with Crippen LogP contribution in [0.1, 0.15) is 16.1 Å². The number of halogens is 1. The molecule has 1 aromatic heterocycles. The van der Waals surface area contributed by atoms with E-state index in [1.54, 1.807) is 42.5 Å². The lowest BCUT2D eigenvalue weighted by Crippen LogP contribution is -2.11. The van der Waals surface area contributed by atoms with E-state index in [0.717, 1.165) is 5.56 Å². The highest BCUT2D eigenvalue weighted by atomic mass is 19.1. The molecule has 0 unspecified atom stereocenters. The SMILES string of the molecule is Cc1cc(N)ccc1NC(=O)c1ccc(-c2ccc(F)cc2)o1. The number of rotatable bonds is 3. The Hall–Kier alpha value is -3.08. The van der Waals surface area contributed by atoms with Crippen molar-refractivity contribution in [1.82, 2.24) is 0 Å². The highest BCUT2D eigenvalue weighted by molar-refractivity contribution is 6.03. The Balaban J connectivity index is 1.79. The van der Waals surface area contributed by atoms with Crippen LogP contribution in [0.3, 0.4) is 0 Å². The predicted molar refractivity (Wildman–Crippen MR) is 87.6 cm³/mol. The molecule has 0 atom stereocenters. The van der Waals surface area contributed by atoms with E-state index in [4.69, 9.17) is 10.2 Å². The van der Waals surface area contributed by atoms with Crippen molar-refractivity contribution in [3.05, 3.63) is 71.7 Å². The van der Waals surface area contributed by atoms with Crippen LogP contribution >= 0.6 is 0 Å². The number of anilines is 2. The number of amides is 1. The number of carbonyl (C=O) groups excluding carboxylic acids is 1. The Kier molecular flexibility index (Phi) is 3.85. The molecule has 0 spiro atoms. The van der Waals surface area contributed by atoms with E-state index in [1.165, 1.54) is 12.1 Å². The van der Waals surface area contributed by atoms with E-state index in [9.17, 15) is 9.18 Å². The molecular weight excluding hydrogens is 295 g/mol. The maximum absolute atomic E-state index is 12.9. The molecule has 3 rings (SSSR count). The molecular formula is C18H15FN2O2. The number of carbonyl (C=O) groups is 1. The summed E-state index contributed by atoms with van der Waals surface area (Å²) in [6.45, 7) is 1.86. The number of nitrogens with one attached hydrogen (secondary N) is 1. The molecule has 0 saturated heterocycles. The van der Waals surface area contributed by atoms with Crippen LogP contribution in [-0.4, -0.2) is 5.91 Å². The van der Waals surface area contributed by atoms with Crippen LogP contribution in [0, 0.1) is 12.7 Å². The lowest BCUT2D eigenvalue weighted by molar-refractivity contribution is 0.0997. The van der Waals surface area contributed by atoms with Crippen molar-refractivity contribution in [2.24, 2.45) is 0 Å². The van der Waals surface area contributed by atoms with Crippen LogP contribution in [-0.2, 0) is 0 Å². The van der Waals surface area contributed by atoms with Gasteiger partial charge in [0.15, 0.2) is 5.76 Å². The van der Waals surface area contributed by atoms with Gasteiger partial charge in [0.1, 0.15) is 11.6 Å². The number of hydrogen-bond acceptors (Lipinski definition) is 3. The molecule has 3 N–H and O–H groups in total. The van der Waals surface area contributed by atoms with Crippen LogP contribution in [0.5, 0.6) is 0 Å². The van der Waals surface area contributed by atoms with Gasteiger partial charge >= 0.3 is 0 Å². The van der Waals surface area contributed by atoms with Gasteiger partial charge in [0.2, 0.25) is 0 Å². The minimum absolute atomic E-state index is 0.181. The number of nitrogens with two attached hydrogens (primary N) is 1. The van der Waals surface area contributed by atoms with Crippen molar-refractivity contribution in [1.29, 1.82) is 0 Å². The van der Waals surface area contributed by atoms with Crippen molar-refractivity contribution in [2.75, 3.05) is 11.1 Å². The van der Waals surface area contributed by atoms with Crippen LogP contribution in [0.15, 0.2) is 59.0 Å². The van der Waals surface area contributed by atoms with Crippen LogP contribution in [0.2, 0.25) is 0 Å². The average Bonchev–Trinajstić information content (AvgIpc) is 3.01. The first kappa shape index (κ1) is 14.8. The third kappa shape index (κ3) is 3.23. The van der Waals surface area contributed by atoms with Gasteiger partial charge in [-0.2, -0.15) is 0 Å². The van der Waals surface area contributed by atoms with Gasteiger partial charge in [0.25, 0.3) is 5.91 Å². The highest BCUT2D eigenvalue weighted by Crippen LogP contribution is 2.24. The predicted octanol–water partition coefficient (Wildman–Crippen LogP) is 4.23. The van der Waals surface area contributed by atoms with E-state index in [2.05, 4.69) is 5.32 Å². The summed E-state index contributed by atoms with van der Waals surface area (Å²) in [5.74, 6) is 0.00746. The Morgan fingerprint density at radius 3 is 2.52 bits per heavy atom. The minimum Gasteiger partial charge on any atom is -0.451 e. The zero-order valence-corrected chi connectivity index (χ0v) is 12.5. The first-order valence-corrected chi connectivity index (χ1v) is 7.06. The lowest BCUT2D eigenvalue weighted by Gasteiger charge is -2.07. The molecule has 0 saturated carbocycles. The fourth-order valence-corrected chi connectivity index (χ4v) is 2.24. The zero-order valence-electron chi connectivity index (χ0n) is 12.5. The molecule has 0 aliphatic heterocycles. The molecule has 2 aromatic carbocycles. The van der Waals surface area contributed by atoms with Crippen LogP contribution < -0.4 is 11.1 Å². The van der Waals surface area contributed by atoms with E-state index in [1.807, 2.05) is 6.92 Å². The molecule has 0 aliphatic rings. The second-order valence-corrected chi connectivity index (χ2v) is 5.20. The number of hydrogen-bond donors (Lipinski definition) is 2. The van der Waals surface area contributed by atoms with E-state index >= 15 is 0 Å². The monoisotopic (exact) mass is 310 g/mol. The molecule has 0 radical (unpaired) electrons. The maximum atomic E-state index is 12.9. The number of furan rings is 1. The largest absolute Gasteiger partial charge is 0.451 e. The maximum Gasteiger partial charge on any atom is 0.291 e. The van der Waals surface area contributed by atoms with E-state index in [-0.39, 0.29) is 17.5 Å². The first-order valence-electron chi connectivity index (χ1n) is 7.06. The highest BCUT2D eigenvalue weighted by Gasteiger charge is 2.13. The molecule has 0 bridgehead atoms. The molecule has 1 heterocycles. The normalized spacial score (nSPS) is 10.5. The summed E-state index contributed by atoms with van der Waals surface area (Å²) in [5.41, 5.74) is 8.56. The van der Waals surface area contributed by atoms with Gasteiger partial charge in [-0.1, -0.05) is 0 Å². The summed E-state index contributed by atoms with van der Waals surface area (Å²) in [5, 5.41) is 2.78. The molecule has 0 fully saturated rings. The summed E-state index contributed by atoms with van der Waals surface area (Å²) in [7, 11) is 0. The number of benzene rings is 2. The second-order valence-electron chi connectivity index (χ2n) is 5.20. The van der Waals surface area contributed by atoms with Crippen molar-refractivity contribution in [3.8, 4) is 11.3 Å². The lowest BCUT2D eigenvalue weighted by atomic mass is 10.2. The number of nitrogen functional groups attached to an aromatic ring is 1. The summed E-state index contributed by atoms with van der Waals surface area (Å²) in [6, 6.07) is 14.4. The van der Waals surface area contributed by atoms with Gasteiger partial charge in [0.05, 0.1) is 0 Å². The minimum atomic E-state index is -0.355. The van der Waals surface area contributed by atoms with Gasteiger partial charge in [-0.25, -0.2) is 4.39 Å². The van der Waals surface area contributed by atoms with Gasteiger partial charge in [-0.05, 0) is 67.1 Å². The summed E-state index contributed by atoms with van der Waals surface area (Å²) in [6.07, 6.45) is 0. The fraction of sp³-hybridized carbons (Fsp3) is 0.0556. The summed E-state index contributed by atoms with van der Waals surface area (Å²) in [4.78, 5) is 12.3.